The van der Waals surface area contributed by atoms with E-state index in [2.05, 4.69) is 19.9 Å². The van der Waals surface area contributed by atoms with Crippen LogP contribution in [0.15, 0.2) is 48.5 Å². The van der Waals surface area contributed by atoms with Crippen LogP contribution in [0.2, 0.25) is 5.02 Å². The normalized spacial score (nSPS) is 16.2. The Morgan fingerprint density at radius 3 is 2.45 bits per heavy atom. The summed E-state index contributed by atoms with van der Waals surface area (Å²) in [6, 6.07) is 14.1. The van der Waals surface area contributed by atoms with Gasteiger partial charge in [0.25, 0.3) is 0 Å². The molecule has 5 rings (SSSR count). The molecule has 1 aliphatic heterocycles. The van der Waals surface area contributed by atoms with Crippen molar-refractivity contribution in [2.24, 2.45) is 0 Å². The van der Waals surface area contributed by atoms with E-state index >= 15 is 0 Å². The topological polar surface area (TPSA) is 56.9 Å². The minimum absolute atomic E-state index is 0.103. The zero-order valence-corrected chi connectivity index (χ0v) is 18.4. The largest absolute Gasteiger partial charge is 0.492 e. The van der Waals surface area contributed by atoms with Crippen molar-refractivity contribution < 1.29 is 9.50 Å². The van der Waals surface area contributed by atoms with Crippen molar-refractivity contribution in [3.63, 3.8) is 0 Å². The van der Waals surface area contributed by atoms with Gasteiger partial charge in [0.1, 0.15) is 11.6 Å². The van der Waals surface area contributed by atoms with E-state index in [1.54, 1.807) is 6.92 Å². The number of piperazine rings is 1. The van der Waals surface area contributed by atoms with E-state index in [1.807, 2.05) is 36.4 Å². The highest BCUT2D eigenvalue weighted by Gasteiger charge is 2.32. The SMILES string of the molecule is Cc1nc2sc(C(c3ccccc3Cl)N3CCN(c4ccc(F)cc4)CC3)c(O)n2n1. The maximum Gasteiger partial charge on any atom is 0.230 e. The molecule has 0 bridgehead atoms. The molecule has 1 N–H and O–H groups in total. The average molecular weight is 458 g/mol. The number of rotatable bonds is 4. The summed E-state index contributed by atoms with van der Waals surface area (Å²) in [5, 5.41) is 15.9. The molecule has 1 saturated heterocycles. The Labute approximate surface area is 188 Å². The molecule has 0 radical (unpaired) electrons. The van der Waals surface area contributed by atoms with Gasteiger partial charge in [-0.15, -0.1) is 5.10 Å². The number of nitrogens with zero attached hydrogens (tertiary/aromatic N) is 5. The van der Waals surface area contributed by atoms with Gasteiger partial charge in [0, 0.05) is 36.9 Å². The smallest absolute Gasteiger partial charge is 0.230 e. The van der Waals surface area contributed by atoms with Gasteiger partial charge in [0.15, 0.2) is 0 Å². The van der Waals surface area contributed by atoms with Crippen LogP contribution in [0.1, 0.15) is 22.3 Å². The lowest BCUT2D eigenvalue weighted by Gasteiger charge is -2.40. The number of halogens is 2. The van der Waals surface area contributed by atoms with Crippen LogP contribution in [-0.2, 0) is 0 Å². The average Bonchev–Trinajstić information content (AvgIpc) is 3.28. The Hall–Kier alpha value is -2.68. The number of benzene rings is 2. The minimum Gasteiger partial charge on any atom is -0.492 e. The molecule has 0 saturated carbocycles. The summed E-state index contributed by atoms with van der Waals surface area (Å²) in [7, 11) is 0. The van der Waals surface area contributed by atoms with E-state index in [1.165, 1.54) is 28.0 Å². The molecule has 1 fully saturated rings. The van der Waals surface area contributed by atoms with Crippen molar-refractivity contribution in [1.29, 1.82) is 0 Å². The van der Waals surface area contributed by atoms with Crippen LogP contribution in [0.25, 0.3) is 4.96 Å². The summed E-state index contributed by atoms with van der Waals surface area (Å²) in [6.45, 7) is 4.90. The van der Waals surface area contributed by atoms with Gasteiger partial charge in [0.2, 0.25) is 10.8 Å². The van der Waals surface area contributed by atoms with E-state index in [-0.39, 0.29) is 17.7 Å². The van der Waals surface area contributed by atoms with Crippen LogP contribution < -0.4 is 4.90 Å². The molecule has 9 heteroatoms. The van der Waals surface area contributed by atoms with Gasteiger partial charge in [-0.05, 0) is 42.8 Å². The van der Waals surface area contributed by atoms with Crippen LogP contribution in [0.4, 0.5) is 10.1 Å². The van der Waals surface area contributed by atoms with Gasteiger partial charge in [-0.3, -0.25) is 4.90 Å². The fourth-order valence-corrected chi connectivity index (χ4v) is 5.51. The summed E-state index contributed by atoms with van der Waals surface area (Å²) in [4.78, 5) is 10.4. The number of hydrogen-bond donors (Lipinski definition) is 1. The number of thiazole rings is 1. The lowest BCUT2D eigenvalue weighted by Crippen LogP contribution is -2.47. The summed E-state index contributed by atoms with van der Waals surface area (Å²) in [6.07, 6.45) is 0. The second kappa shape index (κ2) is 8.11. The molecule has 2 aromatic carbocycles. The fourth-order valence-electron chi connectivity index (χ4n) is 4.12. The first kappa shape index (κ1) is 20.2. The third kappa shape index (κ3) is 3.75. The standard InChI is InChI=1S/C22H21ClFN5OS/c1-14-25-22-29(26-14)21(30)20(31-22)19(17-4-2-3-5-18(17)23)28-12-10-27(11-13-28)16-8-6-15(24)7-9-16/h2-9,19,30H,10-13H2,1H3. The summed E-state index contributed by atoms with van der Waals surface area (Å²) >= 11 is 8.02. The van der Waals surface area contributed by atoms with Crippen molar-refractivity contribution in [3.8, 4) is 5.88 Å². The maximum atomic E-state index is 13.3. The quantitative estimate of drug-likeness (QED) is 0.488. The molecular formula is C22H21ClFN5OS. The Morgan fingerprint density at radius 1 is 1.06 bits per heavy atom. The van der Waals surface area contributed by atoms with E-state index in [0.717, 1.165) is 42.3 Å². The molecule has 4 aromatic rings. The molecule has 1 unspecified atom stereocenters. The van der Waals surface area contributed by atoms with E-state index in [9.17, 15) is 9.50 Å². The van der Waals surface area contributed by atoms with Crippen LogP contribution >= 0.6 is 22.9 Å². The fraction of sp³-hybridized carbons (Fsp3) is 0.273. The predicted octanol–water partition coefficient (Wildman–Crippen LogP) is 4.51. The monoisotopic (exact) mass is 457 g/mol. The number of hydrogen-bond acceptors (Lipinski definition) is 6. The Kier molecular flexibility index (Phi) is 5.29. The lowest BCUT2D eigenvalue weighted by molar-refractivity contribution is 0.211. The predicted molar refractivity (Wildman–Crippen MR) is 121 cm³/mol. The summed E-state index contributed by atoms with van der Waals surface area (Å²) in [5.41, 5.74) is 1.95. The van der Waals surface area contributed by atoms with Gasteiger partial charge < -0.3 is 10.0 Å². The molecular weight excluding hydrogens is 437 g/mol. The van der Waals surface area contributed by atoms with Crippen LogP contribution in [-0.4, -0.2) is 50.8 Å². The van der Waals surface area contributed by atoms with Gasteiger partial charge in [-0.25, -0.2) is 9.37 Å². The van der Waals surface area contributed by atoms with Crippen LogP contribution in [0.3, 0.4) is 0 Å². The number of anilines is 1. The Bertz CT molecular complexity index is 1220. The lowest BCUT2D eigenvalue weighted by atomic mass is 10.0. The van der Waals surface area contributed by atoms with E-state index in [0.29, 0.717) is 15.8 Å². The number of aromatic hydroxyl groups is 1. The molecule has 0 aliphatic carbocycles. The summed E-state index contributed by atoms with van der Waals surface area (Å²) in [5.74, 6) is 0.491. The molecule has 31 heavy (non-hydrogen) atoms. The molecule has 3 heterocycles. The molecule has 2 aromatic heterocycles. The third-order valence-electron chi connectivity index (χ3n) is 5.62. The highest BCUT2D eigenvalue weighted by molar-refractivity contribution is 7.17. The van der Waals surface area contributed by atoms with Crippen molar-refractivity contribution in [2.45, 2.75) is 13.0 Å². The first-order valence-electron chi connectivity index (χ1n) is 10.1. The second-order valence-corrected chi connectivity index (χ2v) is 8.98. The zero-order valence-electron chi connectivity index (χ0n) is 16.9. The van der Waals surface area contributed by atoms with Crippen molar-refractivity contribution in [2.75, 3.05) is 31.1 Å². The molecule has 6 nitrogen and oxygen atoms in total. The Morgan fingerprint density at radius 2 is 1.77 bits per heavy atom. The number of aromatic nitrogens is 3. The maximum absolute atomic E-state index is 13.3. The highest BCUT2D eigenvalue weighted by Crippen LogP contribution is 2.42. The second-order valence-electron chi connectivity index (χ2n) is 7.57. The first-order chi connectivity index (χ1) is 15.0. The zero-order chi connectivity index (χ0) is 21.5. The highest BCUT2D eigenvalue weighted by atomic mass is 35.5. The van der Waals surface area contributed by atoms with Gasteiger partial charge >= 0.3 is 0 Å². The van der Waals surface area contributed by atoms with Gasteiger partial charge in [-0.1, -0.05) is 41.1 Å². The minimum atomic E-state index is -0.233. The number of aryl methyl sites for hydroxylation is 1. The molecule has 0 amide bonds. The third-order valence-corrected chi connectivity index (χ3v) is 7.04. The Balaban J connectivity index is 1.48. The molecule has 1 aliphatic rings. The summed E-state index contributed by atoms with van der Waals surface area (Å²) < 4.78 is 14.8. The van der Waals surface area contributed by atoms with Crippen molar-refractivity contribution in [3.05, 3.63) is 75.6 Å². The van der Waals surface area contributed by atoms with Gasteiger partial charge in [0.05, 0.1) is 10.9 Å². The molecule has 1 atom stereocenters. The first-order valence-corrected chi connectivity index (χ1v) is 11.2. The van der Waals surface area contributed by atoms with E-state index in [4.69, 9.17) is 11.6 Å². The van der Waals surface area contributed by atoms with Crippen LogP contribution in [0.5, 0.6) is 5.88 Å². The van der Waals surface area contributed by atoms with E-state index < -0.39 is 0 Å². The van der Waals surface area contributed by atoms with Crippen molar-refractivity contribution in [1.82, 2.24) is 19.5 Å². The molecule has 0 spiro atoms. The number of fused-ring (bicyclic) bond motifs is 1. The van der Waals surface area contributed by atoms with Crippen LogP contribution in [0, 0.1) is 12.7 Å². The van der Waals surface area contributed by atoms with Gasteiger partial charge in [-0.2, -0.15) is 4.52 Å². The molecule has 160 valence electrons. The van der Waals surface area contributed by atoms with Crippen molar-refractivity contribution >= 4 is 33.6 Å².